The van der Waals surface area contributed by atoms with Crippen LogP contribution in [0.2, 0.25) is 0 Å². The Morgan fingerprint density at radius 1 is 1.27 bits per heavy atom. The first kappa shape index (κ1) is 16.2. The van der Waals surface area contributed by atoms with Crippen molar-refractivity contribution in [3.8, 4) is 5.75 Å². The number of carbonyl (C=O) groups excluding carboxylic acids is 2. The van der Waals surface area contributed by atoms with Crippen LogP contribution in [0.4, 0.5) is 4.39 Å². The lowest BCUT2D eigenvalue weighted by Gasteiger charge is -2.25. The molecular weight excluding hydrogens is 291 g/mol. The third-order valence-electron chi connectivity index (χ3n) is 3.25. The molecule has 1 unspecified atom stereocenters. The zero-order valence-electron chi connectivity index (χ0n) is 12.5. The molecule has 0 bridgehead atoms. The summed E-state index contributed by atoms with van der Waals surface area (Å²) in [7, 11) is 0. The van der Waals surface area contributed by atoms with Crippen molar-refractivity contribution in [1.29, 1.82) is 0 Å². The van der Waals surface area contributed by atoms with Gasteiger partial charge in [0.1, 0.15) is 17.7 Å². The monoisotopic (exact) mass is 310 g/mol. The van der Waals surface area contributed by atoms with Gasteiger partial charge in [-0.25, -0.2) is 4.39 Å². The quantitative estimate of drug-likeness (QED) is 0.822. The highest BCUT2D eigenvalue weighted by atomic mass is 19.1. The minimum atomic E-state index is -1.23. The lowest BCUT2D eigenvalue weighted by molar-refractivity contribution is -0.140. The van der Waals surface area contributed by atoms with E-state index in [4.69, 9.17) is 9.47 Å². The summed E-state index contributed by atoms with van der Waals surface area (Å²) in [5.41, 5.74) is 3.40. The molecular formula is C15H19FN2O4. The number of rotatable bonds is 4. The van der Waals surface area contributed by atoms with Crippen molar-refractivity contribution in [3.63, 3.8) is 0 Å². The summed E-state index contributed by atoms with van der Waals surface area (Å²) in [6.45, 7) is 3.64. The van der Waals surface area contributed by atoms with Crippen molar-refractivity contribution >= 4 is 11.8 Å². The third kappa shape index (κ3) is 4.17. The van der Waals surface area contributed by atoms with Crippen molar-refractivity contribution < 1.29 is 23.5 Å². The van der Waals surface area contributed by atoms with E-state index in [0.29, 0.717) is 18.8 Å². The molecule has 6 nitrogen and oxygen atoms in total. The molecule has 0 aromatic heterocycles. The van der Waals surface area contributed by atoms with Crippen molar-refractivity contribution in [1.82, 2.24) is 10.9 Å². The molecule has 1 aromatic carbocycles. The van der Waals surface area contributed by atoms with Gasteiger partial charge in [0.2, 0.25) is 0 Å². The van der Waals surface area contributed by atoms with Crippen LogP contribution < -0.4 is 15.6 Å². The summed E-state index contributed by atoms with van der Waals surface area (Å²) < 4.78 is 23.6. The molecule has 1 aromatic rings. The van der Waals surface area contributed by atoms with Crippen LogP contribution in [-0.4, -0.2) is 30.1 Å². The Kier molecular flexibility index (Phi) is 4.97. The number of halogens is 1. The molecule has 1 heterocycles. The van der Waals surface area contributed by atoms with E-state index in [1.807, 2.05) is 0 Å². The smallest absolute Gasteiger partial charge is 0.281 e. The molecule has 22 heavy (non-hydrogen) atoms. The first-order valence-corrected chi connectivity index (χ1v) is 7.05. The predicted molar refractivity (Wildman–Crippen MR) is 76.4 cm³/mol. The van der Waals surface area contributed by atoms with E-state index < -0.39 is 23.4 Å². The molecule has 120 valence electrons. The summed E-state index contributed by atoms with van der Waals surface area (Å²) in [6.07, 6.45) is 0.934. The van der Waals surface area contributed by atoms with Gasteiger partial charge in [0.15, 0.2) is 5.60 Å². The van der Waals surface area contributed by atoms with Crippen molar-refractivity contribution in [2.75, 3.05) is 6.61 Å². The van der Waals surface area contributed by atoms with Crippen molar-refractivity contribution in [3.05, 3.63) is 30.1 Å². The van der Waals surface area contributed by atoms with E-state index in [2.05, 4.69) is 10.9 Å². The average Bonchev–Trinajstić information content (AvgIpc) is 3.01. The van der Waals surface area contributed by atoms with Gasteiger partial charge in [-0.2, -0.15) is 0 Å². The van der Waals surface area contributed by atoms with Crippen LogP contribution in [0, 0.1) is 5.82 Å². The Morgan fingerprint density at radius 2 is 1.95 bits per heavy atom. The standard InChI is InChI=1S/C15H19FN2O4/c1-15(2,22-11-7-5-10(16)6-8-11)14(20)18-17-13(19)12-4-3-9-21-12/h5-8,12H,3-4,9H2,1-2H3,(H,17,19)(H,18,20). The van der Waals surface area contributed by atoms with Crippen LogP contribution in [0.25, 0.3) is 0 Å². The molecule has 1 saturated heterocycles. The van der Waals surface area contributed by atoms with Gasteiger partial charge in [-0.05, 0) is 51.0 Å². The zero-order chi connectivity index (χ0) is 16.2. The van der Waals surface area contributed by atoms with Gasteiger partial charge in [-0.3, -0.25) is 20.4 Å². The fraction of sp³-hybridized carbons (Fsp3) is 0.467. The summed E-state index contributed by atoms with van der Waals surface area (Å²) >= 11 is 0. The molecule has 1 fully saturated rings. The van der Waals surface area contributed by atoms with Crippen LogP contribution in [0.5, 0.6) is 5.75 Å². The highest BCUT2D eigenvalue weighted by Crippen LogP contribution is 2.18. The number of amides is 2. The molecule has 7 heteroatoms. The first-order chi connectivity index (χ1) is 10.4. The summed E-state index contributed by atoms with van der Waals surface area (Å²) in [5, 5.41) is 0. The van der Waals surface area contributed by atoms with Crippen molar-refractivity contribution in [2.45, 2.75) is 38.4 Å². The number of nitrogens with one attached hydrogen (secondary N) is 2. The lowest BCUT2D eigenvalue weighted by Crippen LogP contribution is -2.54. The number of hydrogen-bond acceptors (Lipinski definition) is 4. The molecule has 1 aliphatic rings. The van der Waals surface area contributed by atoms with Gasteiger partial charge in [0, 0.05) is 6.61 Å². The molecule has 0 radical (unpaired) electrons. The van der Waals surface area contributed by atoms with Crippen LogP contribution >= 0.6 is 0 Å². The molecule has 2 amide bonds. The van der Waals surface area contributed by atoms with E-state index >= 15 is 0 Å². The summed E-state index contributed by atoms with van der Waals surface area (Å²) in [6, 6.07) is 5.33. The van der Waals surface area contributed by atoms with Gasteiger partial charge >= 0.3 is 0 Å². The second kappa shape index (κ2) is 6.74. The van der Waals surface area contributed by atoms with Crippen LogP contribution in [0.3, 0.4) is 0 Å². The topological polar surface area (TPSA) is 76.7 Å². The Hall–Kier alpha value is -2.15. The van der Waals surface area contributed by atoms with Crippen LogP contribution in [-0.2, 0) is 14.3 Å². The second-order valence-electron chi connectivity index (χ2n) is 5.51. The average molecular weight is 310 g/mol. The van der Waals surface area contributed by atoms with E-state index in [1.54, 1.807) is 13.8 Å². The number of hydrazine groups is 1. The lowest BCUT2D eigenvalue weighted by atomic mass is 10.1. The fourth-order valence-electron chi connectivity index (χ4n) is 1.98. The van der Waals surface area contributed by atoms with Gasteiger partial charge in [0.05, 0.1) is 0 Å². The SMILES string of the molecule is CC(C)(Oc1ccc(F)cc1)C(=O)NNC(=O)C1CCCO1. The van der Waals surface area contributed by atoms with Crippen molar-refractivity contribution in [2.24, 2.45) is 0 Å². The molecule has 1 atom stereocenters. The molecule has 0 spiro atoms. The van der Waals surface area contributed by atoms with Crippen LogP contribution in [0.1, 0.15) is 26.7 Å². The molecule has 0 saturated carbocycles. The second-order valence-corrected chi connectivity index (χ2v) is 5.51. The maximum absolute atomic E-state index is 12.8. The summed E-state index contributed by atoms with van der Waals surface area (Å²) in [5.74, 6) is -0.947. The highest BCUT2D eigenvalue weighted by molar-refractivity contribution is 5.88. The Bertz CT molecular complexity index is 539. The Balaban J connectivity index is 1.86. The molecule has 2 rings (SSSR count). The molecule has 1 aliphatic heterocycles. The van der Waals surface area contributed by atoms with E-state index in [1.165, 1.54) is 24.3 Å². The third-order valence-corrected chi connectivity index (χ3v) is 3.25. The van der Waals surface area contributed by atoms with Gasteiger partial charge in [0.25, 0.3) is 11.8 Å². The first-order valence-electron chi connectivity index (χ1n) is 7.05. The van der Waals surface area contributed by atoms with Crippen LogP contribution in [0.15, 0.2) is 24.3 Å². The Labute approximate surface area is 127 Å². The highest BCUT2D eigenvalue weighted by Gasteiger charge is 2.31. The van der Waals surface area contributed by atoms with E-state index in [-0.39, 0.29) is 5.91 Å². The Morgan fingerprint density at radius 3 is 2.55 bits per heavy atom. The zero-order valence-corrected chi connectivity index (χ0v) is 12.5. The fourth-order valence-corrected chi connectivity index (χ4v) is 1.98. The number of carbonyl (C=O) groups is 2. The van der Waals surface area contributed by atoms with Gasteiger partial charge < -0.3 is 9.47 Å². The minimum absolute atomic E-state index is 0.354. The van der Waals surface area contributed by atoms with Gasteiger partial charge in [-0.1, -0.05) is 0 Å². The maximum atomic E-state index is 12.8. The largest absolute Gasteiger partial charge is 0.478 e. The van der Waals surface area contributed by atoms with E-state index in [9.17, 15) is 14.0 Å². The molecule has 2 N–H and O–H groups in total. The summed E-state index contributed by atoms with van der Waals surface area (Å²) in [4.78, 5) is 23.8. The number of hydrogen-bond donors (Lipinski definition) is 2. The maximum Gasteiger partial charge on any atom is 0.281 e. The number of benzene rings is 1. The normalized spacial score (nSPS) is 17.9. The minimum Gasteiger partial charge on any atom is -0.478 e. The number of ether oxygens (including phenoxy) is 2. The predicted octanol–water partition coefficient (Wildman–Crippen LogP) is 1.31. The van der Waals surface area contributed by atoms with E-state index in [0.717, 1.165) is 6.42 Å². The molecule has 0 aliphatic carbocycles. The van der Waals surface area contributed by atoms with Gasteiger partial charge in [-0.15, -0.1) is 0 Å².